The first kappa shape index (κ1) is 11.7. The summed E-state index contributed by atoms with van der Waals surface area (Å²) in [6, 6.07) is 1.93. The van der Waals surface area contributed by atoms with Gasteiger partial charge in [-0.05, 0) is 6.42 Å². The Bertz CT molecular complexity index is 78.6. The molecule has 1 atom stereocenters. The summed E-state index contributed by atoms with van der Waals surface area (Å²) < 4.78 is 4.50. The summed E-state index contributed by atoms with van der Waals surface area (Å²) in [6.07, 6.45) is 0.432. The number of nitrogens with zero attached hydrogens (tertiary/aromatic N) is 1. The van der Waals surface area contributed by atoms with E-state index in [1.54, 1.807) is 0 Å². The van der Waals surface area contributed by atoms with E-state index in [2.05, 4.69) is 20.1 Å². The second kappa shape index (κ2) is 7.93. The van der Waals surface area contributed by atoms with Crippen molar-refractivity contribution in [2.75, 3.05) is 0 Å². The molecule has 4 heteroatoms. The van der Waals surface area contributed by atoms with Gasteiger partial charge in [0.15, 0.2) is 6.10 Å². The van der Waals surface area contributed by atoms with Gasteiger partial charge in [0, 0.05) is 0 Å². The fourth-order valence-electron chi connectivity index (χ4n) is 0.174. The van der Waals surface area contributed by atoms with E-state index in [0.717, 1.165) is 6.42 Å². The van der Waals surface area contributed by atoms with Crippen LogP contribution in [0.4, 0.5) is 0 Å². The van der Waals surface area contributed by atoms with E-state index in [0.29, 0.717) is 0 Å². The van der Waals surface area contributed by atoms with Crippen LogP contribution in [0.5, 0.6) is 0 Å². The average molecular weight is 188 g/mol. The Labute approximate surface area is 79.9 Å². The molecule has 0 saturated heterocycles. The van der Waals surface area contributed by atoms with Crippen molar-refractivity contribution in [2.45, 2.75) is 19.4 Å². The van der Waals surface area contributed by atoms with Crippen molar-refractivity contribution < 1.29 is 3.83 Å². The summed E-state index contributed by atoms with van der Waals surface area (Å²) in [5.74, 6) is 0. The summed E-state index contributed by atoms with van der Waals surface area (Å²) in [7, 11) is 0. The molecular weight excluding hydrogens is 181 g/mol. The third kappa shape index (κ3) is 5.07. The van der Waals surface area contributed by atoms with Gasteiger partial charge in [0.2, 0.25) is 0 Å². The van der Waals surface area contributed by atoms with Gasteiger partial charge in [0.1, 0.15) is 16.3 Å². The van der Waals surface area contributed by atoms with Crippen molar-refractivity contribution in [1.82, 2.24) is 0 Å². The Morgan fingerprint density at radius 2 is 2.38 bits per heavy atom. The summed E-state index contributed by atoms with van der Waals surface area (Å²) in [6.45, 7) is 1.88. The first-order valence-electron chi connectivity index (χ1n) is 2.02. The van der Waals surface area contributed by atoms with Gasteiger partial charge in [-0.3, -0.25) is 3.83 Å². The Balaban J connectivity index is 0. The topological polar surface area (TPSA) is 33.0 Å². The molecule has 0 aromatic rings. The van der Waals surface area contributed by atoms with E-state index < -0.39 is 0 Å². The molecule has 0 N–H and O–H groups in total. The van der Waals surface area contributed by atoms with E-state index in [1.165, 1.54) is 0 Å². The van der Waals surface area contributed by atoms with Gasteiger partial charge in [-0.15, -0.1) is 0 Å². The van der Waals surface area contributed by atoms with Crippen LogP contribution in [-0.4, -0.2) is 35.7 Å². The van der Waals surface area contributed by atoms with E-state index in [1.807, 2.05) is 13.0 Å². The monoisotopic (exact) mass is 187 g/mol. The third-order valence-electron chi connectivity index (χ3n) is 0.622. The van der Waals surface area contributed by atoms with Crippen LogP contribution in [0.3, 0.4) is 0 Å². The molecule has 0 saturated carbocycles. The van der Waals surface area contributed by atoms with Gasteiger partial charge in [-0.2, -0.15) is 5.26 Å². The quantitative estimate of drug-likeness (QED) is 0.604. The second-order valence-electron chi connectivity index (χ2n) is 1.12. The van der Waals surface area contributed by atoms with Crippen LogP contribution in [0.25, 0.3) is 0 Å². The number of rotatable bonds is 2. The molecule has 0 heterocycles. The van der Waals surface area contributed by atoms with E-state index in [-0.39, 0.29) is 35.7 Å². The van der Waals surface area contributed by atoms with Crippen molar-refractivity contribution in [2.24, 2.45) is 0 Å². The minimum absolute atomic E-state index is 0. The molecule has 0 rings (SSSR count). The number of nitriles is 1. The third-order valence-corrected chi connectivity index (χ3v) is 1.07. The van der Waals surface area contributed by atoms with Crippen molar-refractivity contribution in [3.63, 3.8) is 0 Å². The molecule has 0 aromatic carbocycles. The van der Waals surface area contributed by atoms with Crippen LogP contribution in [0.15, 0.2) is 0 Å². The molecule has 1 unspecified atom stereocenters. The van der Waals surface area contributed by atoms with Gasteiger partial charge in [0.25, 0.3) is 0 Å². The Hall–Kier alpha value is 0.930. The second-order valence-corrected chi connectivity index (χ2v) is 1.49. The fourth-order valence-corrected chi connectivity index (χ4v) is 0.522. The molecule has 0 bridgehead atoms. The molecule has 0 amide bonds. The van der Waals surface area contributed by atoms with Crippen molar-refractivity contribution in [1.29, 1.82) is 5.26 Å². The molecular formula is C4H7BrNNaO. The van der Waals surface area contributed by atoms with Crippen LogP contribution in [0.1, 0.15) is 13.3 Å². The maximum atomic E-state index is 8.12. The molecule has 0 aliphatic carbocycles. The normalized spacial score (nSPS) is 11.1. The van der Waals surface area contributed by atoms with E-state index in [9.17, 15) is 0 Å². The Morgan fingerprint density at radius 3 is 2.38 bits per heavy atom. The Kier molecular flexibility index (Phi) is 11.6. The van der Waals surface area contributed by atoms with E-state index >= 15 is 0 Å². The number of hydrogen-bond acceptors (Lipinski definition) is 2. The van der Waals surface area contributed by atoms with Crippen LogP contribution >= 0.6 is 16.3 Å². The van der Waals surface area contributed by atoms with E-state index in [4.69, 9.17) is 5.26 Å². The van der Waals surface area contributed by atoms with Crippen molar-refractivity contribution in [3.05, 3.63) is 0 Å². The molecule has 0 aliphatic rings. The van der Waals surface area contributed by atoms with Crippen molar-refractivity contribution >= 4 is 45.8 Å². The predicted molar refractivity (Wildman–Crippen MR) is 36.9 cm³/mol. The summed E-state index contributed by atoms with van der Waals surface area (Å²) in [4.78, 5) is 0. The van der Waals surface area contributed by atoms with Crippen LogP contribution in [-0.2, 0) is 3.83 Å². The minimum atomic E-state index is -0.292. The van der Waals surface area contributed by atoms with Crippen molar-refractivity contribution in [3.8, 4) is 6.07 Å². The predicted octanol–water partition coefficient (Wildman–Crippen LogP) is 0.967. The molecule has 0 fully saturated rings. The zero-order valence-electron chi connectivity index (χ0n) is 4.02. The van der Waals surface area contributed by atoms with Gasteiger partial charge >= 0.3 is 29.6 Å². The Morgan fingerprint density at radius 1 is 1.88 bits per heavy atom. The first-order chi connectivity index (χ1) is 3.35. The van der Waals surface area contributed by atoms with Gasteiger partial charge in [-0.25, -0.2) is 0 Å². The fraction of sp³-hybridized carbons (Fsp3) is 0.750. The van der Waals surface area contributed by atoms with Crippen LogP contribution in [0, 0.1) is 11.3 Å². The molecule has 0 aromatic heterocycles. The van der Waals surface area contributed by atoms with Crippen LogP contribution in [0.2, 0.25) is 0 Å². The number of halogens is 1. The molecule has 8 heavy (non-hydrogen) atoms. The molecule has 42 valence electrons. The number of hydrogen-bond donors (Lipinski definition) is 0. The summed E-state index contributed by atoms with van der Waals surface area (Å²) in [5.41, 5.74) is 0. The molecule has 0 spiro atoms. The standard InChI is InChI=1S/C4H6BrNO.Na.H/c1-2-4(3-6)7-5;;/h4H,2H2,1H3;;. The zero-order chi connectivity index (χ0) is 5.70. The zero-order valence-corrected chi connectivity index (χ0v) is 5.60. The van der Waals surface area contributed by atoms with Crippen LogP contribution < -0.4 is 0 Å². The van der Waals surface area contributed by atoms with Gasteiger partial charge < -0.3 is 0 Å². The average Bonchev–Trinajstić information content (AvgIpc) is 1.72. The molecule has 0 aliphatic heterocycles. The first-order valence-corrected chi connectivity index (χ1v) is 2.67. The SMILES string of the molecule is CCC(C#N)OBr.[NaH]. The summed E-state index contributed by atoms with van der Waals surface area (Å²) in [5, 5.41) is 8.12. The summed E-state index contributed by atoms with van der Waals surface area (Å²) >= 11 is 2.71. The molecule has 0 radical (unpaired) electrons. The van der Waals surface area contributed by atoms with Gasteiger partial charge in [0.05, 0.1) is 6.07 Å². The van der Waals surface area contributed by atoms with Gasteiger partial charge in [-0.1, -0.05) is 6.92 Å². The molecule has 2 nitrogen and oxygen atoms in total. The maximum absolute atomic E-state index is 8.12.